The minimum Gasteiger partial charge on any atom is -0.294 e. The maximum Gasteiger partial charge on any atom is 0.269 e. The Morgan fingerprint density at radius 1 is 0.923 bits per heavy atom. The molecular weight excluding hydrogens is 352 g/mol. The number of hydrogen-bond donors (Lipinski definition) is 2. The van der Waals surface area contributed by atoms with Crippen LogP contribution in [0.15, 0.2) is 48.5 Å². The normalized spacial score (nSPS) is 10.2. The Labute approximate surface area is 157 Å². The van der Waals surface area contributed by atoms with Crippen LogP contribution in [0.4, 0.5) is 0 Å². The van der Waals surface area contributed by atoms with E-state index in [0.717, 1.165) is 12.8 Å². The number of Topliss-reactive ketones (excluding diaryl/α,β-unsaturated/α-hetero) is 1. The Balaban J connectivity index is 1.77. The largest absolute Gasteiger partial charge is 0.294 e. The van der Waals surface area contributed by atoms with Crippen LogP contribution in [0.5, 0.6) is 0 Å². The van der Waals surface area contributed by atoms with Crippen LogP contribution < -0.4 is 10.9 Å². The molecule has 0 aliphatic carbocycles. The molecule has 0 radical (unpaired) electrons. The number of ketones is 1. The summed E-state index contributed by atoms with van der Waals surface area (Å²) in [5.41, 5.74) is 6.71. The number of hydrazine groups is 1. The predicted octanol–water partition coefficient (Wildman–Crippen LogP) is 3.72. The first kappa shape index (κ1) is 19.7. The zero-order chi connectivity index (χ0) is 18.9. The van der Waals surface area contributed by atoms with Crippen LogP contribution in [-0.2, 0) is 11.2 Å². The summed E-state index contributed by atoms with van der Waals surface area (Å²) >= 11 is 5.82. The fourth-order valence-corrected chi connectivity index (χ4v) is 2.60. The zero-order valence-electron chi connectivity index (χ0n) is 14.5. The van der Waals surface area contributed by atoms with E-state index >= 15 is 0 Å². The molecule has 0 fully saturated rings. The average molecular weight is 373 g/mol. The highest BCUT2D eigenvalue weighted by atomic mass is 35.5. The first-order chi connectivity index (χ1) is 12.5. The van der Waals surface area contributed by atoms with Gasteiger partial charge in [0.25, 0.3) is 5.91 Å². The molecule has 0 atom stereocenters. The van der Waals surface area contributed by atoms with E-state index in [1.165, 1.54) is 11.6 Å². The molecule has 2 N–H and O–H groups in total. The zero-order valence-corrected chi connectivity index (χ0v) is 15.3. The van der Waals surface area contributed by atoms with Crippen molar-refractivity contribution in [3.05, 3.63) is 70.2 Å². The Morgan fingerprint density at radius 2 is 1.65 bits per heavy atom. The van der Waals surface area contributed by atoms with Crippen molar-refractivity contribution in [3.63, 3.8) is 0 Å². The van der Waals surface area contributed by atoms with Gasteiger partial charge in [0.1, 0.15) is 0 Å². The van der Waals surface area contributed by atoms with Crippen molar-refractivity contribution in [3.8, 4) is 0 Å². The molecule has 2 aromatic carbocycles. The van der Waals surface area contributed by atoms with Crippen molar-refractivity contribution < 1.29 is 14.4 Å². The second kappa shape index (κ2) is 9.73. The smallest absolute Gasteiger partial charge is 0.269 e. The number of benzene rings is 2. The topological polar surface area (TPSA) is 75.3 Å². The van der Waals surface area contributed by atoms with Crippen molar-refractivity contribution in [2.45, 2.75) is 32.6 Å². The molecule has 5 nitrogen and oxygen atoms in total. The number of carbonyl (C=O) groups excluding carboxylic acids is 3. The summed E-state index contributed by atoms with van der Waals surface area (Å²) in [5, 5.41) is 0.430. The molecule has 0 unspecified atom stereocenters. The maximum absolute atomic E-state index is 12.1. The fraction of sp³-hybridized carbons (Fsp3) is 0.250. The summed E-state index contributed by atoms with van der Waals surface area (Å²) < 4.78 is 0. The van der Waals surface area contributed by atoms with Crippen LogP contribution in [0.2, 0.25) is 5.02 Å². The van der Waals surface area contributed by atoms with E-state index in [9.17, 15) is 14.4 Å². The van der Waals surface area contributed by atoms with Gasteiger partial charge in [-0.15, -0.1) is 0 Å². The van der Waals surface area contributed by atoms with Gasteiger partial charge in [-0.05, 0) is 30.2 Å². The highest BCUT2D eigenvalue weighted by Crippen LogP contribution is 2.11. The molecule has 2 rings (SSSR count). The van der Waals surface area contributed by atoms with E-state index in [-0.39, 0.29) is 18.6 Å². The van der Waals surface area contributed by atoms with E-state index in [1.807, 2.05) is 12.1 Å². The lowest BCUT2D eigenvalue weighted by Gasteiger charge is -2.07. The van der Waals surface area contributed by atoms with Crippen LogP contribution >= 0.6 is 11.6 Å². The number of amides is 2. The van der Waals surface area contributed by atoms with Crippen LogP contribution in [0.25, 0.3) is 0 Å². The summed E-state index contributed by atoms with van der Waals surface area (Å²) in [6.45, 7) is 2.10. The van der Waals surface area contributed by atoms with Crippen molar-refractivity contribution in [1.82, 2.24) is 10.9 Å². The Morgan fingerprint density at radius 3 is 2.31 bits per heavy atom. The predicted molar refractivity (Wildman–Crippen MR) is 101 cm³/mol. The van der Waals surface area contributed by atoms with Gasteiger partial charge >= 0.3 is 0 Å². The summed E-state index contributed by atoms with van der Waals surface area (Å²) in [6.07, 6.45) is 2.09. The van der Waals surface area contributed by atoms with E-state index in [2.05, 4.69) is 17.8 Å². The molecule has 0 aliphatic heterocycles. The van der Waals surface area contributed by atoms with Gasteiger partial charge in [0.15, 0.2) is 5.78 Å². The molecule has 0 saturated carbocycles. The monoisotopic (exact) mass is 372 g/mol. The molecule has 0 spiro atoms. The highest BCUT2D eigenvalue weighted by molar-refractivity contribution is 6.30. The number of nitrogens with one attached hydrogen (secondary N) is 2. The molecule has 0 bridgehead atoms. The Kier molecular flexibility index (Phi) is 7.36. The lowest BCUT2D eigenvalue weighted by Crippen LogP contribution is -2.41. The summed E-state index contributed by atoms with van der Waals surface area (Å²) in [7, 11) is 0. The standard InChI is InChI=1S/C20H21ClN2O3/c1-2-4-14-7-9-15(10-8-14)18(24)11-12-19(25)22-23-20(26)16-5-3-6-17(21)13-16/h3,5-10,13H,2,4,11-12H2,1H3,(H,22,25)(H,23,26). The number of hydrogen-bond acceptors (Lipinski definition) is 3. The molecule has 0 aliphatic rings. The number of halogens is 1. The fourth-order valence-electron chi connectivity index (χ4n) is 2.41. The van der Waals surface area contributed by atoms with Crippen molar-refractivity contribution in [2.24, 2.45) is 0 Å². The van der Waals surface area contributed by atoms with Gasteiger partial charge in [-0.1, -0.05) is 55.3 Å². The third-order valence-corrected chi connectivity index (χ3v) is 4.03. The summed E-state index contributed by atoms with van der Waals surface area (Å²) in [6, 6.07) is 13.8. The van der Waals surface area contributed by atoms with Crippen LogP contribution in [0.1, 0.15) is 52.5 Å². The maximum atomic E-state index is 12.1. The summed E-state index contributed by atoms with van der Waals surface area (Å²) in [5.74, 6) is -1.01. The van der Waals surface area contributed by atoms with E-state index in [4.69, 9.17) is 11.6 Å². The molecule has 136 valence electrons. The third-order valence-electron chi connectivity index (χ3n) is 3.80. The molecule has 0 saturated heterocycles. The SMILES string of the molecule is CCCc1ccc(C(=O)CCC(=O)NNC(=O)c2cccc(Cl)c2)cc1. The first-order valence-electron chi connectivity index (χ1n) is 8.46. The van der Waals surface area contributed by atoms with Gasteiger partial charge in [0.2, 0.25) is 5.91 Å². The van der Waals surface area contributed by atoms with Gasteiger partial charge in [-0.3, -0.25) is 25.2 Å². The lowest BCUT2D eigenvalue weighted by molar-refractivity contribution is -0.121. The van der Waals surface area contributed by atoms with E-state index < -0.39 is 11.8 Å². The van der Waals surface area contributed by atoms with Gasteiger partial charge < -0.3 is 0 Å². The van der Waals surface area contributed by atoms with E-state index in [0.29, 0.717) is 16.1 Å². The minimum atomic E-state index is -0.473. The van der Waals surface area contributed by atoms with Gasteiger partial charge in [0.05, 0.1) is 0 Å². The van der Waals surface area contributed by atoms with Crippen molar-refractivity contribution in [2.75, 3.05) is 0 Å². The Hall–Kier alpha value is -2.66. The molecule has 0 heterocycles. The molecular formula is C20H21ClN2O3. The highest BCUT2D eigenvalue weighted by Gasteiger charge is 2.11. The Bertz CT molecular complexity index is 788. The molecule has 6 heteroatoms. The number of aryl methyl sites for hydroxylation is 1. The van der Waals surface area contributed by atoms with E-state index in [1.54, 1.807) is 30.3 Å². The van der Waals surface area contributed by atoms with Crippen LogP contribution in [0, 0.1) is 0 Å². The second-order valence-electron chi connectivity index (χ2n) is 5.88. The first-order valence-corrected chi connectivity index (χ1v) is 8.84. The quantitative estimate of drug-likeness (QED) is 0.574. The molecule has 2 aromatic rings. The molecule has 26 heavy (non-hydrogen) atoms. The summed E-state index contributed by atoms with van der Waals surface area (Å²) in [4.78, 5) is 35.8. The van der Waals surface area contributed by atoms with Gasteiger partial charge in [-0.25, -0.2) is 0 Å². The van der Waals surface area contributed by atoms with Gasteiger partial charge in [-0.2, -0.15) is 0 Å². The number of carbonyl (C=O) groups is 3. The number of rotatable bonds is 7. The third kappa shape index (κ3) is 6.01. The molecule has 0 aromatic heterocycles. The van der Waals surface area contributed by atoms with Crippen molar-refractivity contribution >= 4 is 29.2 Å². The molecule has 2 amide bonds. The van der Waals surface area contributed by atoms with Gasteiger partial charge in [0, 0.05) is 29.0 Å². The van der Waals surface area contributed by atoms with Crippen molar-refractivity contribution in [1.29, 1.82) is 0 Å². The van der Waals surface area contributed by atoms with Crippen LogP contribution in [0.3, 0.4) is 0 Å². The average Bonchev–Trinajstić information content (AvgIpc) is 2.65. The lowest BCUT2D eigenvalue weighted by atomic mass is 10.0. The van der Waals surface area contributed by atoms with Crippen LogP contribution in [-0.4, -0.2) is 17.6 Å². The second-order valence-corrected chi connectivity index (χ2v) is 6.32. The minimum absolute atomic E-state index is 0.00856.